The molecule has 1 saturated heterocycles. The molecule has 3 heterocycles. The summed E-state index contributed by atoms with van der Waals surface area (Å²) in [4.78, 5) is 18.6. The predicted molar refractivity (Wildman–Crippen MR) is 165 cm³/mol. The number of hydrogen-bond donors (Lipinski definition) is 1. The highest BCUT2D eigenvalue weighted by molar-refractivity contribution is 5.92. The second kappa shape index (κ2) is 11.1. The first-order valence-electron chi connectivity index (χ1n) is 15.8. The third kappa shape index (κ3) is 4.64. The van der Waals surface area contributed by atoms with E-state index in [2.05, 4.69) is 54.0 Å². The third-order valence-corrected chi connectivity index (χ3v) is 10.4. The molecule has 2 fully saturated rings. The normalized spacial score (nSPS) is 27.3. The summed E-state index contributed by atoms with van der Waals surface area (Å²) in [5, 5.41) is 11.4. The molecular weight excluding hydrogens is 540 g/mol. The van der Waals surface area contributed by atoms with Crippen LogP contribution in [0.1, 0.15) is 55.4 Å². The molecule has 7 rings (SSSR count). The molecule has 5 atom stereocenters. The van der Waals surface area contributed by atoms with Crippen LogP contribution in [0.5, 0.6) is 17.2 Å². The van der Waals surface area contributed by atoms with Crippen molar-refractivity contribution in [3.8, 4) is 17.2 Å². The first kappa shape index (κ1) is 28.1. The molecular formula is C36H42N2O5. The monoisotopic (exact) mass is 582 g/mol. The maximum absolute atomic E-state index is 13.9. The fourth-order valence-electron chi connectivity index (χ4n) is 8.73. The van der Waals surface area contributed by atoms with Crippen LogP contribution in [0.2, 0.25) is 0 Å². The highest BCUT2D eigenvalue weighted by atomic mass is 16.5. The van der Waals surface area contributed by atoms with Gasteiger partial charge in [-0.15, -0.1) is 0 Å². The number of furan rings is 1. The number of carbonyl (C=O) groups is 1. The molecule has 3 aromatic rings. The Morgan fingerprint density at radius 2 is 2.07 bits per heavy atom. The Kier molecular flexibility index (Phi) is 7.24. The van der Waals surface area contributed by atoms with Gasteiger partial charge in [0.05, 0.1) is 25.7 Å². The van der Waals surface area contributed by atoms with Crippen LogP contribution in [-0.4, -0.2) is 65.7 Å². The minimum atomic E-state index is -0.268. The zero-order valence-electron chi connectivity index (χ0n) is 25.4. The van der Waals surface area contributed by atoms with Gasteiger partial charge in [0, 0.05) is 53.4 Å². The van der Waals surface area contributed by atoms with Gasteiger partial charge in [-0.25, -0.2) is 0 Å². The summed E-state index contributed by atoms with van der Waals surface area (Å²) in [6, 6.07) is 14.5. The van der Waals surface area contributed by atoms with Crippen molar-refractivity contribution in [3.05, 3.63) is 83.3 Å². The Bertz CT molecular complexity index is 1500. The summed E-state index contributed by atoms with van der Waals surface area (Å²) in [6.07, 6.45) is 11.2. The Labute approximate surface area is 254 Å². The Morgan fingerprint density at radius 3 is 2.81 bits per heavy atom. The summed E-state index contributed by atoms with van der Waals surface area (Å²) in [5.41, 5.74) is 4.11. The summed E-state index contributed by atoms with van der Waals surface area (Å²) in [5.74, 6) is 2.35. The lowest BCUT2D eigenvalue weighted by molar-refractivity contribution is -0.138. The SMILES string of the molecule is COc1cc(O)c2c3c1O[C@H]1[C@@H](N(CC(C)C)C(=O)/C=C/c4ccoc4)CC[C@H]4[C@@H](C2)N(CCc2ccccc2)CC[C@@]341. The van der Waals surface area contributed by atoms with E-state index in [9.17, 15) is 9.90 Å². The number of nitrogens with zero attached hydrogens (tertiary/aromatic N) is 2. The molecule has 2 bridgehead atoms. The summed E-state index contributed by atoms with van der Waals surface area (Å²) in [6.45, 7) is 6.94. The fraction of sp³-hybridized carbons (Fsp3) is 0.472. The van der Waals surface area contributed by atoms with E-state index in [1.54, 1.807) is 31.8 Å². The lowest BCUT2D eigenvalue weighted by Gasteiger charge is -2.60. The molecule has 2 aliphatic carbocycles. The quantitative estimate of drug-likeness (QED) is 0.320. The average molecular weight is 583 g/mol. The zero-order chi connectivity index (χ0) is 29.7. The van der Waals surface area contributed by atoms with Gasteiger partial charge in [-0.05, 0) is 68.2 Å². The molecule has 0 unspecified atom stereocenters. The first-order chi connectivity index (χ1) is 20.9. The number of likely N-dealkylation sites (tertiary alicyclic amines) is 1. The minimum Gasteiger partial charge on any atom is -0.508 e. The molecule has 4 aliphatic rings. The van der Waals surface area contributed by atoms with E-state index in [4.69, 9.17) is 13.9 Å². The number of benzene rings is 2. The van der Waals surface area contributed by atoms with E-state index in [1.165, 1.54) is 5.56 Å². The topological polar surface area (TPSA) is 75.4 Å². The molecule has 1 spiro atoms. The van der Waals surface area contributed by atoms with Gasteiger partial charge in [0.25, 0.3) is 0 Å². The number of carbonyl (C=O) groups excluding carboxylic acids is 1. The standard InChI is InChI=1S/C36H42N2O5/c1-23(2)21-38(32(40)12-9-25-14-18-42-22-25)28-11-10-27-29-19-26-30(39)20-31(41-3)34-33(26)36(27,35(28)43-34)15-17-37(29)16-13-24-7-5-4-6-8-24/h4-9,12,14,18,20,22-23,27-29,35,39H,10-11,13,15-17,19,21H2,1-3H3/b12-9+/t27-,28-,29+,35-,36-/m0/s1. The van der Waals surface area contributed by atoms with E-state index in [-0.39, 0.29) is 23.5 Å². The van der Waals surface area contributed by atoms with Gasteiger partial charge in [-0.1, -0.05) is 44.2 Å². The van der Waals surface area contributed by atoms with Crippen molar-refractivity contribution in [2.24, 2.45) is 11.8 Å². The number of phenols is 1. The van der Waals surface area contributed by atoms with Gasteiger partial charge in [0.1, 0.15) is 11.9 Å². The fourth-order valence-corrected chi connectivity index (χ4v) is 8.73. The summed E-state index contributed by atoms with van der Waals surface area (Å²) < 4.78 is 18.0. The molecule has 1 aromatic heterocycles. The Morgan fingerprint density at radius 1 is 1.23 bits per heavy atom. The van der Waals surface area contributed by atoms with Crippen LogP contribution >= 0.6 is 0 Å². The van der Waals surface area contributed by atoms with Crippen LogP contribution in [0.3, 0.4) is 0 Å². The van der Waals surface area contributed by atoms with Crippen LogP contribution in [0.15, 0.2) is 65.5 Å². The molecule has 2 aliphatic heterocycles. The molecule has 7 nitrogen and oxygen atoms in total. The number of ether oxygens (including phenoxy) is 2. The molecule has 2 aromatic carbocycles. The van der Waals surface area contributed by atoms with Crippen molar-refractivity contribution >= 4 is 12.0 Å². The smallest absolute Gasteiger partial charge is 0.246 e. The maximum atomic E-state index is 13.9. The Balaban J connectivity index is 1.26. The van der Waals surface area contributed by atoms with Crippen molar-refractivity contribution in [2.75, 3.05) is 26.7 Å². The predicted octanol–water partition coefficient (Wildman–Crippen LogP) is 5.84. The molecule has 43 heavy (non-hydrogen) atoms. The number of rotatable bonds is 9. The van der Waals surface area contributed by atoms with Crippen molar-refractivity contribution < 1.29 is 23.8 Å². The number of methoxy groups -OCH3 is 1. The number of aromatic hydroxyl groups is 1. The van der Waals surface area contributed by atoms with Gasteiger partial charge in [0.15, 0.2) is 11.5 Å². The Hall–Kier alpha value is -3.71. The minimum absolute atomic E-state index is 0.00278. The summed E-state index contributed by atoms with van der Waals surface area (Å²) >= 11 is 0. The zero-order valence-corrected chi connectivity index (χ0v) is 25.4. The van der Waals surface area contributed by atoms with Crippen LogP contribution in [-0.2, 0) is 23.1 Å². The van der Waals surface area contributed by atoms with Crippen LogP contribution in [0.25, 0.3) is 6.08 Å². The van der Waals surface area contributed by atoms with Gasteiger partial charge in [-0.3, -0.25) is 9.69 Å². The lowest BCUT2D eigenvalue weighted by atomic mass is 9.50. The van der Waals surface area contributed by atoms with E-state index >= 15 is 0 Å². The van der Waals surface area contributed by atoms with E-state index in [0.29, 0.717) is 35.9 Å². The van der Waals surface area contributed by atoms with Gasteiger partial charge < -0.3 is 23.9 Å². The van der Waals surface area contributed by atoms with Gasteiger partial charge >= 0.3 is 0 Å². The van der Waals surface area contributed by atoms with Crippen molar-refractivity contribution in [1.29, 1.82) is 0 Å². The van der Waals surface area contributed by atoms with E-state index in [1.807, 2.05) is 12.1 Å². The van der Waals surface area contributed by atoms with E-state index < -0.39 is 0 Å². The molecule has 1 amide bonds. The van der Waals surface area contributed by atoms with Crippen LogP contribution < -0.4 is 9.47 Å². The number of hydrogen-bond acceptors (Lipinski definition) is 6. The van der Waals surface area contributed by atoms with Crippen molar-refractivity contribution in [2.45, 2.75) is 69.6 Å². The maximum Gasteiger partial charge on any atom is 0.246 e. The van der Waals surface area contributed by atoms with Gasteiger partial charge in [-0.2, -0.15) is 0 Å². The molecule has 0 radical (unpaired) electrons. The average Bonchev–Trinajstić information content (AvgIpc) is 3.65. The second-order valence-corrected chi connectivity index (χ2v) is 13.2. The highest BCUT2D eigenvalue weighted by Gasteiger charge is 2.67. The van der Waals surface area contributed by atoms with E-state index in [0.717, 1.165) is 67.6 Å². The van der Waals surface area contributed by atoms with Crippen LogP contribution in [0, 0.1) is 11.8 Å². The van der Waals surface area contributed by atoms with Crippen LogP contribution in [0.4, 0.5) is 0 Å². The van der Waals surface area contributed by atoms with Gasteiger partial charge in [0.2, 0.25) is 5.91 Å². The highest BCUT2D eigenvalue weighted by Crippen LogP contribution is 2.65. The molecule has 226 valence electrons. The number of piperidine rings is 1. The summed E-state index contributed by atoms with van der Waals surface area (Å²) in [7, 11) is 1.64. The molecule has 1 saturated carbocycles. The first-order valence-corrected chi connectivity index (χ1v) is 15.8. The van der Waals surface area contributed by atoms with Crippen molar-refractivity contribution in [1.82, 2.24) is 9.80 Å². The molecule has 7 heteroatoms. The largest absolute Gasteiger partial charge is 0.508 e. The molecule has 1 N–H and O–H groups in total. The second-order valence-electron chi connectivity index (χ2n) is 13.2. The third-order valence-electron chi connectivity index (χ3n) is 10.4. The number of phenolic OH excluding ortho intramolecular Hbond substituents is 1. The van der Waals surface area contributed by atoms with Crippen molar-refractivity contribution in [3.63, 3.8) is 0 Å². The number of amides is 1. The lowest BCUT2D eigenvalue weighted by Crippen LogP contribution is -2.69.